The third-order valence-corrected chi connectivity index (χ3v) is 3.47. The molecule has 1 heterocycles. The number of carbonyl (C=O) groups excluding carboxylic acids is 1. The van der Waals surface area contributed by atoms with Crippen LogP contribution in [0, 0.1) is 0 Å². The Morgan fingerprint density at radius 3 is 2.40 bits per heavy atom. The molecular weight excluding hydrogens is 359 g/mol. The number of halogens is 4. The first-order chi connectivity index (χ1) is 9.06. The fourth-order valence-corrected chi connectivity index (χ4v) is 2.81. The molecule has 114 valence electrons. The van der Waals surface area contributed by atoms with Gasteiger partial charge in [-0.1, -0.05) is 41.2 Å². The van der Waals surface area contributed by atoms with Crippen molar-refractivity contribution in [1.29, 1.82) is 0 Å². The van der Waals surface area contributed by atoms with Crippen molar-refractivity contribution in [3.63, 3.8) is 0 Å². The van der Waals surface area contributed by atoms with Gasteiger partial charge in [0.15, 0.2) is 0 Å². The number of hydrogen-bond donors (Lipinski definition) is 0. The first-order valence-corrected chi connectivity index (χ1v) is 7.70. The third-order valence-electron chi connectivity index (χ3n) is 2.40. The standard InChI is InChI=1S/C11H15BrF3N3OS/c1-10(2,3)8-7(20-17-16-8)9(19)18(5-4-12)6-11(13,14)15/h4-6H2,1-3H3. The second-order valence-electron chi connectivity index (χ2n) is 5.23. The molecule has 1 rings (SSSR count). The number of rotatable bonds is 4. The summed E-state index contributed by atoms with van der Waals surface area (Å²) in [5.74, 6) is -0.679. The highest BCUT2D eigenvalue weighted by Gasteiger charge is 2.35. The van der Waals surface area contributed by atoms with Crippen molar-refractivity contribution in [3.8, 4) is 0 Å². The molecule has 0 saturated carbocycles. The van der Waals surface area contributed by atoms with Crippen LogP contribution in [0.1, 0.15) is 36.1 Å². The topological polar surface area (TPSA) is 46.1 Å². The molecule has 0 aliphatic carbocycles. The lowest BCUT2D eigenvalue weighted by Gasteiger charge is -2.24. The lowest BCUT2D eigenvalue weighted by Crippen LogP contribution is -2.40. The molecule has 0 spiro atoms. The van der Waals surface area contributed by atoms with Crippen LogP contribution in [0.2, 0.25) is 0 Å². The predicted octanol–water partition coefficient (Wildman–Crippen LogP) is 3.24. The van der Waals surface area contributed by atoms with E-state index in [-0.39, 0.29) is 16.8 Å². The molecule has 0 aromatic carbocycles. The molecule has 0 aliphatic heterocycles. The zero-order valence-electron chi connectivity index (χ0n) is 11.3. The van der Waals surface area contributed by atoms with Gasteiger partial charge in [-0.2, -0.15) is 13.2 Å². The largest absolute Gasteiger partial charge is 0.406 e. The number of hydrogen-bond acceptors (Lipinski definition) is 4. The van der Waals surface area contributed by atoms with Gasteiger partial charge < -0.3 is 4.90 Å². The Labute approximate surface area is 127 Å². The summed E-state index contributed by atoms with van der Waals surface area (Å²) < 4.78 is 41.3. The molecular formula is C11H15BrF3N3OS. The van der Waals surface area contributed by atoms with E-state index in [4.69, 9.17) is 0 Å². The maximum Gasteiger partial charge on any atom is 0.406 e. The summed E-state index contributed by atoms with van der Waals surface area (Å²) in [5.41, 5.74) is -0.0229. The Morgan fingerprint density at radius 1 is 1.35 bits per heavy atom. The lowest BCUT2D eigenvalue weighted by molar-refractivity contribution is -0.140. The summed E-state index contributed by atoms with van der Waals surface area (Å²) >= 11 is 3.89. The minimum atomic E-state index is -4.43. The van der Waals surface area contributed by atoms with Gasteiger partial charge in [-0.25, -0.2) is 0 Å². The number of nitrogens with zero attached hydrogens (tertiary/aromatic N) is 3. The van der Waals surface area contributed by atoms with Crippen LogP contribution >= 0.6 is 27.5 Å². The predicted molar refractivity (Wildman–Crippen MR) is 74.4 cm³/mol. The Kier molecular flexibility index (Phi) is 5.54. The summed E-state index contributed by atoms with van der Waals surface area (Å²) in [6.45, 7) is 4.19. The minimum Gasteiger partial charge on any atom is -0.328 e. The van der Waals surface area contributed by atoms with E-state index in [9.17, 15) is 18.0 Å². The molecule has 0 fully saturated rings. The highest BCUT2D eigenvalue weighted by atomic mass is 79.9. The van der Waals surface area contributed by atoms with Crippen molar-refractivity contribution in [1.82, 2.24) is 14.5 Å². The third kappa shape index (κ3) is 4.69. The van der Waals surface area contributed by atoms with Gasteiger partial charge in [0.2, 0.25) is 0 Å². The molecule has 0 saturated heterocycles. The molecule has 0 aliphatic rings. The van der Waals surface area contributed by atoms with Gasteiger partial charge in [-0.3, -0.25) is 4.79 Å². The Bertz CT molecular complexity index is 470. The molecule has 0 N–H and O–H groups in total. The van der Waals surface area contributed by atoms with Crippen LogP contribution in [0.3, 0.4) is 0 Å². The second kappa shape index (κ2) is 6.38. The summed E-state index contributed by atoms with van der Waals surface area (Å²) in [7, 11) is 0. The highest BCUT2D eigenvalue weighted by molar-refractivity contribution is 9.09. The summed E-state index contributed by atoms with van der Waals surface area (Å²) in [4.78, 5) is 13.2. The first kappa shape index (κ1) is 17.4. The van der Waals surface area contributed by atoms with Crippen molar-refractivity contribution in [2.45, 2.75) is 32.4 Å². The van der Waals surface area contributed by atoms with Crippen molar-refractivity contribution in [3.05, 3.63) is 10.6 Å². The van der Waals surface area contributed by atoms with Gasteiger partial charge in [-0.15, -0.1) is 5.10 Å². The first-order valence-electron chi connectivity index (χ1n) is 5.81. The number of amides is 1. The molecule has 1 aromatic heterocycles. The molecule has 20 heavy (non-hydrogen) atoms. The molecule has 4 nitrogen and oxygen atoms in total. The van der Waals surface area contributed by atoms with Crippen LogP contribution in [0.4, 0.5) is 13.2 Å². The normalized spacial score (nSPS) is 12.6. The van der Waals surface area contributed by atoms with E-state index in [1.54, 1.807) is 0 Å². The van der Waals surface area contributed by atoms with Crippen LogP contribution < -0.4 is 0 Å². The zero-order chi connectivity index (χ0) is 15.6. The number of aromatic nitrogens is 2. The Hall–Kier alpha value is -0.700. The van der Waals surface area contributed by atoms with Crippen LogP contribution in [-0.4, -0.2) is 45.0 Å². The van der Waals surface area contributed by atoms with Crippen molar-refractivity contribution in [2.75, 3.05) is 18.4 Å². The van der Waals surface area contributed by atoms with Crippen molar-refractivity contribution >= 4 is 33.4 Å². The maximum atomic E-state index is 12.5. The van der Waals surface area contributed by atoms with Gasteiger partial charge >= 0.3 is 6.18 Å². The number of alkyl halides is 4. The minimum absolute atomic E-state index is 0.0280. The van der Waals surface area contributed by atoms with Crippen molar-refractivity contribution < 1.29 is 18.0 Å². The fourth-order valence-electron chi connectivity index (χ4n) is 1.54. The van der Waals surface area contributed by atoms with E-state index in [1.165, 1.54) is 0 Å². The molecule has 0 radical (unpaired) electrons. The average Bonchev–Trinajstić information content (AvgIpc) is 2.74. The fraction of sp³-hybridized carbons (Fsp3) is 0.727. The quantitative estimate of drug-likeness (QED) is 0.761. The van der Waals surface area contributed by atoms with E-state index in [0.29, 0.717) is 5.69 Å². The molecule has 0 unspecified atom stereocenters. The SMILES string of the molecule is CC(C)(C)c1nnsc1C(=O)N(CCBr)CC(F)(F)F. The zero-order valence-corrected chi connectivity index (χ0v) is 13.7. The highest BCUT2D eigenvalue weighted by Crippen LogP contribution is 2.27. The van der Waals surface area contributed by atoms with Gasteiger partial charge in [0.25, 0.3) is 5.91 Å². The van der Waals surface area contributed by atoms with Crippen LogP contribution in [0.5, 0.6) is 0 Å². The van der Waals surface area contributed by atoms with Gasteiger partial charge in [-0.05, 0) is 11.5 Å². The molecule has 1 amide bonds. The van der Waals surface area contributed by atoms with E-state index in [2.05, 4.69) is 25.5 Å². The van der Waals surface area contributed by atoms with Crippen LogP contribution in [0.25, 0.3) is 0 Å². The monoisotopic (exact) mass is 373 g/mol. The van der Waals surface area contributed by atoms with Gasteiger partial charge in [0, 0.05) is 17.3 Å². The summed E-state index contributed by atoms with van der Waals surface area (Å²) in [5, 5.41) is 4.15. The average molecular weight is 374 g/mol. The molecule has 0 bridgehead atoms. The second-order valence-corrected chi connectivity index (χ2v) is 6.78. The molecule has 0 atom stereocenters. The molecule has 1 aromatic rings. The van der Waals surface area contributed by atoms with Gasteiger partial charge in [0.05, 0.1) is 5.69 Å². The smallest absolute Gasteiger partial charge is 0.328 e. The van der Waals surface area contributed by atoms with Crippen molar-refractivity contribution in [2.24, 2.45) is 0 Å². The summed E-state index contributed by atoms with van der Waals surface area (Å²) in [6, 6.07) is 0. The Morgan fingerprint density at radius 2 is 1.95 bits per heavy atom. The van der Waals surface area contributed by atoms with Crippen LogP contribution in [-0.2, 0) is 5.41 Å². The van der Waals surface area contributed by atoms with E-state index in [0.717, 1.165) is 16.4 Å². The van der Waals surface area contributed by atoms with E-state index < -0.39 is 24.0 Å². The summed E-state index contributed by atoms with van der Waals surface area (Å²) in [6.07, 6.45) is -4.43. The number of carbonyl (C=O) groups is 1. The van der Waals surface area contributed by atoms with E-state index in [1.807, 2.05) is 20.8 Å². The van der Waals surface area contributed by atoms with E-state index >= 15 is 0 Å². The van der Waals surface area contributed by atoms with Gasteiger partial charge in [0.1, 0.15) is 11.4 Å². The maximum absolute atomic E-state index is 12.5. The van der Waals surface area contributed by atoms with Crippen LogP contribution in [0.15, 0.2) is 0 Å². The lowest BCUT2D eigenvalue weighted by atomic mass is 9.91. The molecule has 9 heteroatoms. The Balaban J connectivity index is 3.04.